The van der Waals surface area contributed by atoms with E-state index in [2.05, 4.69) is 43.2 Å². The summed E-state index contributed by atoms with van der Waals surface area (Å²) in [5.41, 5.74) is 0.940. The molecule has 1 aromatic carbocycles. The predicted octanol–water partition coefficient (Wildman–Crippen LogP) is 4.04. The number of methoxy groups -OCH3 is 2. The number of hydrogen-bond donors (Lipinski definition) is 3. The van der Waals surface area contributed by atoms with Crippen LogP contribution in [0.5, 0.6) is 0 Å². The van der Waals surface area contributed by atoms with Gasteiger partial charge in [0.15, 0.2) is 5.78 Å². The molecule has 1 aromatic rings. The quantitative estimate of drug-likeness (QED) is 0.0843. The molecule has 3 amide bonds. The standard InChI is InChI=1S/C52H89N5O11/c1-11-38(6)49(55(8)52(63)42(36(2)3)34-45(60)48(37(4)5)56-23-19-53-20-24-56)46(64-9)35-47(61)57-22-15-18-43(57)50(65-10)39(7)44(59)33-41(32-40-16-13-12-14-17-40)51(62)54-21-26-66-28-30-68-31-29-67-27-25-58/h12-14,16-17,36-39,41-43,46,48-50,53,58H,11,15,18-35H2,1-10H3,(H,54,62)/t38-,39-,41+,42-,43-,46+,48-,49-,50+/m0/s1. The third-order valence-electron chi connectivity index (χ3n) is 14.1. The number of likely N-dealkylation sites (tertiary alicyclic amines) is 1. The minimum Gasteiger partial charge on any atom is -0.394 e. The summed E-state index contributed by atoms with van der Waals surface area (Å²) < 4.78 is 28.5. The Morgan fingerprint density at radius 1 is 0.809 bits per heavy atom. The number of carbonyl (C=O) groups is 5. The van der Waals surface area contributed by atoms with E-state index in [0.717, 1.165) is 44.6 Å². The minimum absolute atomic E-state index is 0.00496. The van der Waals surface area contributed by atoms with Crippen LogP contribution in [0.15, 0.2) is 30.3 Å². The first-order valence-electron chi connectivity index (χ1n) is 25.4. The summed E-state index contributed by atoms with van der Waals surface area (Å²) in [4.78, 5) is 76.9. The Hall–Kier alpha value is -3.35. The summed E-state index contributed by atoms with van der Waals surface area (Å²) in [5.74, 6) is -2.30. The first-order valence-corrected chi connectivity index (χ1v) is 25.4. The first-order chi connectivity index (χ1) is 32.6. The van der Waals surface area contributed by atoms with Crippen molar-refractivity contribution in [1.82, 2.24) is 25.3 Å². The van der Waals surface area contributed by atoms with Gasteiger partial charge in [0.1, 0.15) is 5.78 Å². The smallest absolute Gasteiger partial charge is 0.226 e. The molecule has 0 radical (unpaired) electrons. The fraction of sp³-hybridized carbons (Fsp3) is 0.788. The fourth-order valence-electron chi connectivity index (χ4n) is 10.1. The van der Waals surface area contributed by atoms with Gasteiger partial charge in [-0.25, -0.2) is 0 Å². The number of nitrogens with zero attached hydrogens (tertiary/aromatic N) is 3. The van der Waals surface area contributed by atoms with E-state index in [0.29, 0.717) is 45.8 Å². The second kappa shape index (κ2) is 31.8. The summed E-state index contributed by atoms with van der Waals surface area (Å²) in [6.45, 7) is 20.1. The van der Waals surface area contributed by atoms with Gasteiger partial charge in [-0.1, -0.05) is 85.2 Å². The third-order valence-corrected chi connectivity index (χ3v) is 14.1. The zero-order chi connectivity index (χ0) is 50.2. The summed E-state index contributed by atoms with van der Waals surface area (Å²) in [6.07, 6.45) is 1.45. The van der Waals surface area contributed by atoms with Crippen LogP contribution in [0.1, 0.15) is 92.6 Å². The Labute approximate surface area is 408 Å². The highest BCUT2D eigenvalue weighted by molar-refractivity contribution is 5.90. The van der Waals surface area contributed by atoms with E-state index in [1.54, 1.807) is 26.2 Å². The highest BCUT2D eigenvalue weighted by Gasteiger charge is 2.44. The molecule has 2 saturated heterocycles. The number of rotatable bonds is 34. The SMILES string of the molecule is CC[C@H](C)[C@@H]([C@@H](CC(=O)N1CCC[C@H]1[C@H](OC)[C@@H](C)C(=O)C[C@@H](Cc1ccccc1)C(=O)NCCOCCOCCOCCO)OC)N(C)C(=O)[C@@H](CC(=O)[C@H](C(C)C)N1CCNCC1)C(C)C. The second-order valence-electron chi connectivity index (χ2n) is 19.5. The van der Waals surface area contributed by atoms with Gasteiger partial charge in [0.25, 0.3) is 0 Å². The molecule has 0 spiro atoms. The molecule has 0 saturated carbocycles. The molecule has 2 fully saturated rings. The van der Waals surface area contributed by atoms with Crippen LogP contribution in [0, 0.1) is 35.5 Å². The number of ether oxygens (including phenoxy) is 5. The Bertz CT molecular complexity index is 1630. The van der Waals surface area contributed by atoms with Gasteiger partial charge in [-0.3, -0.25) is 28.9 Å². The van der Waals surface area contributed by atoms with E-state index in [1.165, 1.54) is 0 Å². The summed E-state index contributed by atoms with van der Waals surface area (Å²) in [7, 11) is 4.94. The van der Waals surface area contributed by atoms with E-state index >= 15 is 0 Å². The molecule has 16 heteroatoms. The average Bonchev–Trinajstić information content (AvgIpc) is 3.82. The van der Waals surface area contributed by atoms with E-state index in [1.807, 2.05) is 56.0 Å². The lowest BCUT2D eigenvalue weighted by molar-refractivity contribution is -0.149. The number of benzene rings is 1. The van der Waals surface area contributed by atoms with Gasteiger partial charge in [0.2, 0.25) is 17.7 Å². The second-order valence-corrected chi connectivity index (χ2v) is 19.5. The maximum atomic E-state index is 14.6. The number of nitrogens with one attached hydrogen (secondary N) is 2. The van der Waals surface area contributed by atoms with Gasteiger partial charge in [0, 0.05) is 91.1 Å². The molecule has 0 unspecified atom stereocenters. The third kappa shape index (κ3) is 18.4. The lowest BCUT2D eigenvalue weighted by atomic mass is 9.83. The molecule has 2 heterocycles. The molecule has 0 aromatic heterocycles. The average molecular weight is 960 g/mol. The van der Waals surface area contributed by atoms with Crippen molar-refractivity contribution in [3.8, 4) is 0 Å². The zero-order valence-electron chi connectivity index (χ0n) is 43.3. The first kappa shape index (κ1) is 59.0. The van der Waals surface area contributed by atoms with Crippen molar-refractivity contribution in [1.29, 1.82) is 0 Å². The summed E-state index contributed by atoms with van der Waals surface area (Å²) in [5, 5.41) is 15.1. The number of aliphatic hydroxyl groups excluding tert-OH is 1. The van der Waals surface area contributed by atoms with Crippen LogP contribution in [0.2, 0.25) is 0 Å². The van der Waals surface area contributed by atoms with Gasteiger partial charge in [0.05, 0.1) is 83.0 Å². The molecular weight excluding hydrogens is 871 g/mol. The van der Waals surface area contributed by atoms with Gasteiger partial charge in [-0.15, -0.1) is 0 Å². The number of Topliss-reactive ketones (excluding diaryl/α,β-unsaturated/α-hetero) is 2. The van der Waals surface area contributed by atoms with Crippen molar-refractivity contribution < 1.29 is 52.8 Å². The molecule has 2 aliphatic rings. The van der Waals surface area contributed by atoms with Crippen molar-refractivity contribution in [2.45, 2.75) is 124 Å². The molecule has 9 atom stereocenters. The molecule has 68 heavy (non-hydrogen) atoms. The highest BCUT2D eigenvalue weighted by Crippen LogP contribution is 2.32. The fourth-order valence-corrected chi connectivity index (χ4v) is 10.1. The molecule has 388 valence electrons. The number of likely N-dealkylation sites (N-methyl/N-ethyl adjacent to an activating group) is 1. The maximum Gasteiger partial charge on any atom is 0.226 e. The van der Waals surface area contributed by atoms with Crippen LogP contribution in [-0.4, -0.2) is 186 Å². The number of aliphatic hydroxyl groups is 1. The Morgan fingerprint density at radius 2 is 1.44 bits per heavy atom. The van der Waals surface area contributed by atoms with Crippen LogP contribution >= 0.6 is 0 Å². The van der Waals surface area contributed by atoms with E-state index in [9.17, 15) is 24.0 Å². The molecule has 3 rings (SSSR count). The van der Waals surface area contributed by atoms with Crippen LogP contribution in [0.3, 0.4) is 0 Å². The van der Waals surface area contributed by atoms with Crippen LogP contribution in [0.4, 0.5) is 0 Å². The predicted molar refractivity (Wildman–Crippen MR) is 263 cm³/mol. The number of hydrogen-bond acceptors (Lipinski definition) is 13. The van der Waals surface area contributed by atoms with Gasteiger partial charge in [-0.2, -0.15) is 0 Å². The lowest BCUT2D eigenvalue weighted by Crippen LogP contribution is -2.55. The van der Waals surface area contributed by atoms with Crippen LogP contribution in [0.25, 0.3) is 0 Å². The Kier molecular flexibility index (Phi) is 27.6. The Balaban J connectivity index is 1.70. The van der Waals surface area contributed by atoms with Crippen molar-refractivity contribution in [2.75, 3.05) is 107 Å². The molecule has 3 N–H and O–H groups in total. The summed E-state index contributed by atoms with van der Waals surface area (Å²) in [6, 6.07) is 8.55. The summed E-state index contributed by atoms with van der Waals surface area (Å²) >= 11 is 0. The topological polar surface area (TPSA) is 186 Å². The van der Waals surface area contributed by atoms with Crippen molar-refractivity contribution >= 4 is 29.3 Å². The van der Waals surface area contributed by atoms with Gasteiger partial charge in [-0.05, 0) is 42.6 Å². The number of carbonyl (C=O) groups excluding carboxylic acids is 5. The maximum absolute atomic E-state index is 14.6. The van der Waals surface area contributed by atoms with E-state index in [-0.39, 0.29) is 105 Å². The largest absolute Gasteiger partial charge is 0.394 e. The number of piperazine rings is 1. The van der Waals surface area contributed by atoms with Crippen LogP contribution < -0.4 is 10.6 Å². The van der Waals surface area contributed by atoms with E-state index < -0.39 is 36.0 Å². The van der Waals surface area contributed by atoms with Crippen molar-refractivity contribution in [3.05, 3.63) is 35.9 Å². The molecule has 0 bridgehead atoms. The normalized spacial score (nSPS) is 19.2. The van der Waals surface area contributed by atoms with Crippen molar-refractivity contribution in [2.24, 2.45) is 35.5 Å². The monoisotopic (exact) mass is 960 g/mol. The molecule has 2 aliphatic heterocycles. The molecule has 16 nitrogen and oxygen atoms in total. The lowest BCUT2D eigenvalue weighted by Gasteiger charge is -2.41. The van der Waals surface area contributed by atoms with Gasteiger partial charge < -0.3 is 49.2 Å². The molecular formula is C52H89N5O11. The number of ketones is 2. The Morgan fingerprint density at radius 3 is 2.01 bits per heavy atom. The minimum atomic E-state index is -0.634. The van der Waals surface area contributed by atoms with E-state index in [4.69, 9.17) is 28.8 Å². The highest BCUT2D eigenvalue weighted by atomic mass is 16.5. The van der Waals surface area contributed by atoms with Gasteiger partial charge >= 0.3 is 0 Å². The zero-order valence-corrected chi connectivity index (χ0v) is 43.3. The van der Waals surface area contributed by atoms with Crippen LogP contribution in [-0.2, 0) is 54.1 Å². The van der Waals surface area contributed by atoms with Crippen molar-refractivity contribution in [3.63, 3.8) is 0 Å². The molecule has 0 aliphatic carbocycles. The number of amides is 3.